The van der Waals surface area contributed by atoms with Crippen LogP contribution in [0.15, 0.2) is 23.6 Å². The Bertz CT molecular complexity index is 634. The van der Waals surface area contributed by atoms with Gasteiger partial charge in [-0.15, -0.1) is 11.3 Å². The zero-order valence-electron chi connectivity index (χ0n) is 12.9. The maximum Gasteiger partial charge on any atom is 0.270 e. The van der Waals surface area contributed by atoms with Crippen molar-refractivity contribution in [3.8, 4) is 0 Å². The van der Waals surface area contributed by atoms with Gasteiger partial charge in [-0.2, -0.15) is 0 Å². The third-order valence-electron chi connectivity index (χ3n) is 3.03. The molecule has 2 rings (SSSR count). The summed E-state index contributed by atoms with van der Waals surface area (Å²) in [4.78, 5) is 16.3. The van der Waals surface area contributed by atoms with E-state index in [4.69, 9.17) is 0 Å². The maximum absolute atomic E-state index is 11.9. The molecule has 2 N–H and O–H groups in total. The van der Waals surface area contributed by atoms with Crippen LogP contribution in [-0.4, -0.2) is 17.4 Å². The fraction of sp³-hybridized carbons (Fsp3) is 0.375. The molecule has 1 aromatic carbocycles. The zero-order chi connectivity index (χ0) is 15.4. The summed E-state index contributed by atoms with van der Waals surface area (Å²) in [5.41, 5.74) is 3.87. The van der Waals surface area contributed by atoms with Gasteiger partial charge in [0.05, 0.1) is 0 Å². The summed E-state index contributed by atoms with van der Waals surface area (Å²) in [6.45, 7) is 8.91. The number of benzene rings is 1. The number of anilines is 2. The number of hydrogen-bond donors (Lipinski definition) is 2. The molecular weight excluding hydrogens is 282 g/mol. The van der Waals surface area contributed by atoms with Gasteiger partial charge in [0, 0.05) is 17.6 Å². The van der Waals surface area contributed by atoms with Crippen LogP contribution in [0.25, 0.3) is 0 Å². The lowest BCUT2D eigenvalue weighted by atomic mass is 10.1. The number of nitrogens with zero attached hydrogens (tertiary/aromatic N) is 1. The molecule has 0 fully saturated rings. The van der Waals surface area contributed by atoms with Gasteiger partial charge in [0.2, 0.25) is 0 Å². The van der Waals surface area contributed by atoms with Gasteiger partial charge in [-0.25, -0.2) is 4.98 Å². The lowest BCUT2D eigenvalue weighted by Crippen LogP contribution is -2.27. The second kappa shape index (κ2) is 6.72. The quantitative estimate of drug-likeness (QED) is 0.881. The highest BCUT2D eigenvalue weighted by atomic mass is 32.1. The maximum atomic E-state index is 11.9. The predicted octanol–water partition coefficient (Wildman–Crippen LogP) is 3.89. The van der Waals surface area contributed by atoms with E-state index in [2.05, 4.69) is 55.4 Å². The van der Waals surface area contributed by atoms with Crippen molar-refractivity contribution >= 4 is 28.1 Å². The smallest absolute Gasteiger partial charge is 0.270 e. The van der Waals surface area contributed by atoms with Crippen molar-refractivity contribution in [2.45, 2.75) is 27.7 Å². The summed E-state index contributed by atoms with van der Waals surface area (Å²) in [6, 6.07) is 6.20. The molecule has 112 valence electrons. The van der Waals surface area contributed by atoms with Gasteiger partial charge < -0.3 is 10.6 Å². The molecule has 0 spiro atoms. The number of carbonyl (C=O) groups is 1. The molecule has 0 saturated carbocycles. The van der Waals surface area contributed by atoms with Gasteiger partial charge in [-0.1, -0.05) is 31.5 Å². The molecule has 0 aliphatic heterocycles. The SMILES string of the molecule is Cc1ccc(Nc2nc(C(=O)NCC(C)C)cs2)c(C)c1. The average Bonchev–Trinajstić information content (AvgIpc) is 2.88. The largest absolute Gasteiger partial charge is 0.350 e. The Kier molecular flexibility index (Phi) is 4.96. The van der Waals surface area contributed by atoms with Crippen molar-refractivity contribution in [3.05, 3.63) is 40.4 Å². The van der Waals surface area contributed by atoms with Crippen LogP contribution >= 0.6 is 11.3 Å². The Labute approximate surface area is 129 Å². The van der Waals surface area contributed by atoms with Crippen LogP contribution < -0.4 is 10.6 Å². The van der Waals surface area contributed by atoms with Crippen molar-refractivity contribution < 1.29 is 4.79 Å². The third kappa shape index (κ3) is 4.29. The first kappa shape index (κ1) is 15.5. The van der Waals surface area contributed by atoms with Crippen molar-refractivity contribution in [2.24, 2.45) is 5.92 Å². The summed E-state index contributed by atoms with van der Waals surface area (Å²) in [6.07, 6.45) is 0. The zero-order valence-corrected chi connectivity index (χ0v) is 13.7. The lowest BCUT2D eigenvalue weighted by Gasteiger charge is -2.07. The molecule has 0 radical (unpaired) electrons. The minimum Gasteiger partial charge on any atom is -0.350 e. The summed E-state index contributed by atoms with van der Waals surface area (Å²) < 4.78 is 0. The highest BCUT2D eigenvalue weighted by Gasteiger charge is 2.11. The Balaban J connectivity index is 2.04. The number of rotatable bonds is 5. The summed E-state index contributed by atoms with van der Waals surface area (Å²) >= 11 is 1.44. The summed E-state index contributed by atoms with van der Waals surface area (Å²) in [5, 5.41) is 8.65. The Morgan fingerprint density at radius 1 is 1.33 bits per heavy atom. The van der Waals surface area contributed by atoms with Crippen LogP contribution in [0.4, 0.5) is 10.8 Å². The summed E-state index contributed by atoms with van der Waals surface area (Å²) in [5.74, 6) is 0.314. The predicted molar refractivity (Wildman–Crippen MR) is 88.5 cm³/mol. The van der Waals surface area contributed by atoms with E-state index >= 15 is 0 Å². The average molecular weight is 303 g/mol. The molecule has 0 atom stereocenters. The van der Waals surface area contributed by atoms with E-state index in [0.717, 1.165) is 16.4 Å². The van der Waals surface area contributed by atoms with Crippen molar-refractivity contribution in [2.75, 3.05) is 11.9 Å². The highest BCUT2D eigenvalue weighted by molar-refractivity contribution is 7.14. The normalized spacial score (nSPS) is 10.7. The molecule has 1 aromatic heterocycles. The van der Waals surface area contributed by atoms with Crippen molar-refractivity contribution in [1.82, 2.24) is 10.3 Å². The Hall–Kier alpha value is -1.88. The number of carbonyl (C=O) groups excluding carboxylic acids is 1. The van der Waals surface area contributed by atoms with Gasteiger partial charge in [-0.3, -0.25) is 4.79 Å². The molecule has 5 heteroatoms. The first-order chi connectivity index (χ1) is 9.95. The first-order valence-electron chi connectivity index (χ1n) is 7.03. The number of thiazole rings is 1. The molecule has 0 saturated heterocycles. The lowest BCUT2D eigenvalue weighted by molar-refractivity contribution is 0.0945. The standard InChI is InChI=1S/C16H21N3OS/c1-10(2)8-17-15(20)14-9-21-16(19-14)18-13-6-5-11(3)7-12(13)4/h5-7,9-10H,8H2,1-4H3,(H,17,20)(H,18,19). The van der Waals surface area contributed by atoms with Crippen LogP contribution in [0.2, 0.25) is 0 Å². The number of amides is 1. The van der Waals surface area contributed by atoms with Gasteiger partial charge >= 0.3 is 0 Å². The van der Waals surface area contributed by atoms with E-state index in [-0.39, 0.29) is 5.91 Å². The van der Waals surface area contributed by atoms with Crippen LogP contribution in [0.1, 0.15) is 35.5 Å². The fourth-order valence-electron chi connectivity index (χ4n) is 1.89. The summed E-state index contributed by atoms with van der Waals surface area (Å²) in [7, 11) is 0. The van der Waals surface area contributed by atoms with E-state index in [1.54, 1.807) is 5.38 Å². The molecule has 0 aliphatic rings. The second-order valence-corrected chi connectivity index (χ2v) is 6.44. The van der Waals surface area contributed by atoms with E-state index in [0.29, 0.717) is 18.2 Å². The number of aromatic nitrogens is 1. The monoisotopic (exact) mass is 303 g/mol. The molecule has 2 aromatic rings. The topological polar surface area (TPSA) is 54.0 Å². The third-order valence-corrected chi connectivity index (χ3v) is 3.79. The molecule has 1 heterocycles. The van der Waals surface area contributed by atoms with Crippen LogP contribution in [0, 0.1) is 19.8 Å². The molecule has 1 amide bonds. The second-order valence-electron chi connectivity index (χ2n) is 5.59. The minimum absolute atomic E-state index is 0.117. The van der Waals surface area contributed by atoms with Crippen LogP contribution in [0.3, 0.4) is 0 Å². The number of hydrogen-bond acceptors (Lipinski definition) is 4. The first-order valence-corrected chi connectivity index (χ1v) is 7.91. The van der Waals surface area contributed by atoms with Crippen LogP contribution in [0.5, 0.6) is 0 Å². The van der Waals surface area contributed by atoms with Gasteiger partial charge in [0.25, 0.3) is 5.91 Å². The molecule has 0 aliphatic carbocycles. The van der Waals surface area contributed by atoms with Gasteiger partial charge in [0.15, 0.2) is 5.13 Å². The highest BCUT2D eigenvalue weighted by Crippen LogP contribution is 2.24. The molecular formula is C16H21N3OS. The van der Waals surface area contributed by atoms with E-state index in [9.17, 15) is 4.79 Å². The molecule has 0 unspecified atom stereocenters. The van der Waals surface area contributed by atoms with Gasteiger partial charge in [0.1, 0.15) is 5.69 Å². The number of nitrogens with one attached hydrogen (secondary N) is 2. The van der Waals surface area contributed by atoms with Gasteiger partial charge in [-0.05, 0) is 31.4 Å². The van der Waals surface area contributed by atoms with Crippen molar-refractivity contribution in [3.63, 3.8) is 0 Å². The van der Waals surface area contributed by atoms with E-state index in [1.165, 1.54) is 16.9 Å². The molecule has 4 nitrogen and oxygen atoms in total. The molecule has 21 heavy (non-hydrogen) atoms. The van der Waals surface area contributed by atoms with Crippen LogP contribution in [-0.2, 0) is 0 Å². The Morgan fingerprint density at radius 3 is 2.76 bits per heavy atom. The number of aryl methyl sites for hydroxylation is 2. The molecule has 0 bridgehead atoms. The fourth-order valence-corrected chi connectivity index (χ4v) is 2.59. The van der Waals surface area contributed by atoms with E-state index in [1.807, 2.05) is 6.07 Å². The van der Waals surface area contributed by atoms with E-state index < -0.39 is 0 Å². The Morgan fingerprint density at radius 2 is 2.10 bits per heavy atom. The minimum atomic E-state index is -0.117. The van der Waals surface area contributed by atoms with Crippen molar-refractivity contribution in [1.29, 1.82) is 0 Å².